The lowest BCUT2D eigenvalue weighted by Crippen LogP contribution is -2.14. The van der Waals surface area contributed by atoms with Gasteiger partial charge in [0.1, 0.15) is 5.75 Å². The van der Waals surface area contributed by atoms with Gasteiger partial charge in [0.2, 0.25) is 0 Å². The highest BCUT2D eigenvalue weighted by Gasteiger charge is 2.42. The van der Waals surface area contributed by atoms with Crippen LogP contribution >= 0.6 is 27.5 Å². The lowest BCUT2D eigenvalue weighted by Gasteiger charge is -2.14. The minimum atomic E-state index is 0.335. The molecule has 104 valence electrons. The van der Waals surface area contributed by atoms with E-state index in [1.54, 1.807) is 0 Å². The Morgan fingerprint density at radius 1 is 1.05 bits per heavy atom. The molecule has 0 aliphatic heterocycles. The van der Waals surface area contributed by atoms with E-state index >= 15 is 0 Å². The number of alkyl halides is 1. The van der Waals surface area contributed by atoms with Crippen LogP contribution in [-0.4, -0.2) is 11.9 Å². The highest BCUT2D eigenvalue weighted by Crippen LogP contribution is 2.47. The molecule has 3 heteroatoms. The molecule has 1 nitrogen and oxygen atoms in total. The molecule has 0 saturated heterocycles. The number of hydrogen-bond acceptors (Lipinski definition) is 1. The first kappa shape index (κ1) is 14.0. The van der Waals surface area contributed by atoms with Gasteiger partial charge in [0, 0.05) is 10.7 Å². The van der Waals surface area contributed by atoms with Crippen molar-refractivity contribution in [1.82, 2.24) is 0 Å². The van der Waals surface area contributed by atoms with Crippen LogP contribution in [0.1, 0.15) is 12.8 Å². The average molecular weight is 352 g/mol. The molecule has 2 aromatic rings. The number of benzene rings is 2. The van der Waals surface area contributed by atoms with Gasteiger partial charge < -0.3 is 4.74 Å². The maximum Gasteiger partial charge on any atom is 0.137 e. The molecule has 0 bridgehead atoms. The summed E-state index contributed by atoms with van der Waals surface area (Å²) in [5, 5.41) is 1.68. The van der Waals surface area contributed by atoms with Gasteiger partial charge in [0.25, 0.3) is 0 Å². The molecule has 0 radical (unpaired) electrons. The molecule has 1 saturated carbocycles. The second-order valence-electron chi connectivity index (χ2n) is 5.43. The van der Waals surface area contributed by atoms with E-state index < -0.39 is 0 Å². The van der Waals surface area contributed by atoms with E-state index in [0.717, 1.165) is 23.2 Å². The third-order valence-corrected chi connectivity index (χ3v) is 5.30. The molecule has 0 unspecified atom stereocenters. The van der Waals surface area contributed by atoms with Crippen molar-refractivity contribution in [1.29, 1.82) is 0 Å². The molecule has 1 fully saturated rings. The summed E-state index contributed by atoms with van der Waals surface area (Å²) in [4.78, 5) is 0. The maximum atomic E-state index is 6.34. The van der Waals surface area contributed by atoms with Gasteiger partial charge in [-0.15, -0.1) is 0 Å². The SMILES string of the molecule is Clc1cc(-c2ccccc2)ccc1OCC1(CBr)CC1. The van der Waals surface area contributed by atoms with Gasteiger partial charge in [-0.1, -0.05) is 63.9 Å². The zero-order chi connectivity index (χ0) is 14.0. The van der Waals surface area contributed by atoms with E-state index in [1.165, 1.54) is 18.4 Å². The number of ether oxygens (including phenoxy) is 1. The van der Waals surface area contributed by atoms with Crippen molar-refractivity contribution in [3.8, 4) is 16.9 Å². The summed E-state index contributed by atoms with van der Waals surface area (Å²) < 4.78 is 5.88. The van der Waals surface area contributed by atoms with Crippen LogP contribution in [-0.2, 0) is 0 Å². The van der Waals surface area contributed by atoms with E-state index in [4.69, 9.17) is 16.3 Å². The average Bonchev–Trinajstić information content (AvgIpc) is 3.27. The molecule has 0 amide bonds. The van der Waals surface area contributed by atoms with Crippen molar-refractivity contribution >= 4 is 27.5 Å². The summed E-state index contributed by atoms with van der Waals surface area (Å²) in [6.07, 6.45) is 2.47. The summed E-state index contributed by atoms with van der Waals surface area (Å²) in [7, 11) is 0. The molecule has 0 heterocycles. The Morgan fingerprint density at radius 3 is 2.40 bits per heavy atom. The number of hydrogen-bond donors (Lipinski definition) is 0. The summed E-state index contributed by atoms with van der Waals surface area (Å²) >= 11 is 9.89. The molecule has 0 atom stereocenters. The monoisotopic (exact) mass is 350 g/mol. The van der Waals surface area contributed by atoms with Gasteiger partial charge in [-0.2, -0.15) is 0 Å². The van der Waals surface area contributed by atoms with Crippen LogP contribution in [0.25, 0.3) is 11.1 Å². The molecule has 20 heavy (non-hydrogen) atoms. The van der Waals surface area contributed by atoms with Gasteiger partial charge in [0.15, 0.2) is 0 Å². The van der Waals surface area contributed by atoms with Gasteiger partial charge in [-0.3, -0.25) is 0 Å². The molecule has 2 aromatic carbocycles. The fraction of sp³-hybridized carbons (Fsp3) is 0.294. The van der Waals surface area contributed by atoms with Crippen molar-refractivity contribution in [2.45, 2.75) is 12.8 Å². The van der Waals surface area contributed by atoms with E-state index in [0.29, 0.717) is 10.4 Å². The highest BCUT2D eigenvalue weighted by atomic mass is 79.9. The first-order chi connectivity index (χ1) is 9.72. The first-order valence-electron chi connectivity index (χ1n) is 6.76. The molecule has 1 aliphatic rings. The molecule has 0 N–H and O–H groups in total. The van der Waals surface area contributed by atoms with Crippen LogP contribution in [0.2, 0.25) is 5.02 Å². The predicted molar refractivity (Wildman–Crippen MR) is 87.8 cm³/mol. The normalized spacial score (nSPS) is 15.9. The Bertz CT molecular complexity index is 593. The Balaban J connectivity index is 1.74. The molecular formula is C17H16BrClO. The smallest absolute Gasteiger partial charge is 0.137 e. The maximum absolute atomic E-state index is 6.34. The summed E-state index contributed by atoms with van der Waals surface area (Å²) in [5.41, 5.74) is 2.62. The second-order valence-corrected chi connectivity index (χ2v) is 6.40. The molecule has 1 aliphatic carbocycles. The van der Waals surface area contributed by atoms with Crippen molar-refractivity contribution < 1.29 is 4.74 Å². The lowest BCUT2D eigenvalue weighted by atomic mass is 10.1. The lowest BCUT2D eigenvalue weighted by molar-refractivity contribution is 0.251. The third-order valence-electron chi connectivity index (χ3n) is 3.81. The fourth-order valence-corrected chi connectivity index (χ4v) is 3.11. The fourth-order valence-electron chi connectivity index (χ4n) is 2.15. The third kappa shape index (κ3) is 3.02. The minimum Gasteiger partial charge on any atom is -0.491 e. The second kappa shape index (κ2) is 5.79. The highest BCUT2D eigenvalue weighted by molar-refractivity contribution is 9.09. The summed E-state index contributed by atoms with van der Waals surface area (Å²) in [6, 6.07) is 16.2. The van der Waals surface area contributed by atoms with E-state index in [-0.39, 0.29) is 0 Å². The Hall–Kier alpha value is -0.990. The van der Waals surface area contributed by atoms with Crippen molar-refractivity contribution in [2.75, 3.05) is 11.9 Å². The quantitative estimate of drug-likeness (QED) is 0.641. The van der Waals surface area contributed by atoms with E-state index in [2.05, 4.69) is 34.1 Å². The molecule has 0 spiro atoms. The Kier molecular flexibility index (Phi) is 4.04. The zero-order valence-corrected chi connectivity index (χ0v) is 13.5. The topological polar surface area (TPSA) is 9.23 Å². The van der Waals surface area contributed by atoms with Crippen LogP contribution in [0.4, 0.5) is 0 Å². The van der Waals surface area contributed by atoms with E-state index in [9.17, 15) is 0 Å². The van der Waals surface area contributed by atoms with Crippen molar-refractivity contribution in [2.24, 2.45) is 5.41 Å². The van der Waals surface area contributed by atoms with Gasteiger partial charge in [-0.05, 0) is 36.1 Å². The Labute approximate surface area is 133 Å². The van der Waals surface area contributed by atoms with Crippen LogP contribution < -0.4 is 4.74 Å². The van der Waals surface area contributed by atoms with Crippen LogP contribution in [0.15, 0.2) is 48.5 Å². The van der Waals surface area contributed by atoms with Crippen molar-refractivity contribution in [3.63, 3.8) is 0 Å². The van der Waals surface area contributed by atoms with E-state index in [1.807, 2.05) is 30.3 Å². The van der Waals surface area contributed by atoms with Crippen molar-refractivity contribution in [3.05, 3.63) is 53.6 Å². The van der Waals surface area contributed by atoms with Crippen LogP contribution in [0, 0.1) is 5.41 Å². The number of halogens is 2. The van der Waals surface area contributed by atoms with Gasteiger partial charge in [0.05, 0.1) is 11.6 Å². The standard InChI is InChI=1S/C17H16BrClO/c18-11-17(8-9-17)12-20-16-7-6-14(10-15(16)19)13-4-2-1-3-5-13/h1-7,10H,8-9,11-12H2. The molecule has 0 aromatic heterocycles. The zero-order valence-electron chi connectivity index (χ0n) is 11.1. The van der Waals surface area contributed by atoms with Gasteiger partial charge >= 0.3 is 0 Å². The summed E-state index contributed by atoms with van der Waals surface area (Å²) in [5.74, 6) is 0.776. The van der Waals surface area contributed by atoms with Gasteiger partial charge in [-0.25, -0.2) is 0 Å². The largest absolute Gasteiger partial charge is 0.491 e. The molecular weight excluding hydrogens is 336 g/mol. The first-order valence-corrected chi connectivity index (χ1v) is 8.26. The Morgan fingerprint density at radius 2 is 1.80 bits per heavy atom. The molecule has 3 rings (SSSR count). The van der Waals surface area contributed by atoms with Crippen LogP contribution in [0.3, 0.4) is 0 Å². The number of rotatable bonds is 5. The predicted octanol–water partition coefficient (Wildman–Crippen LogP) is 5.56. The minimum absolute atomic E-state index is 0.335. The summed E-state index contributed by atoms with van der Waals surface area (Å²) in [6.45, 7) is 0.739. The van der Waals surface area contributed by atoms with Crippen LogP contribution in [0.5, 0.6) is 5.75 Å².